The Bertz CT molecular complexity index is 668. The zero-order chi connectivity index (χ0) is 16.1. The van der Waals surface area contributed by atoms with Gasteiger partial charge < -0.3 is 10.2 Å². The molecular formula is C17H19ClFN3. The molecule has 0 saturated carbocycles. The molecule has 0 aromatic heterocycles. The minimum Gasteiger partial charge on any atom is -0.366 e. The Morgan fingerprint density at radius 1 is 1.27 bits per heavy atom. The minimum absolute atomic E-state index is 0.259. The van der Waals surface area contributed by atoms with Gasteiger partial charge in [0.1, 0.15) is 5.82 Å². The molecule has 0 aliphatic heterocycles. The van der Waals surface area contributed by atoms with E-state index in [1.807, 2.05) is 31.0 Å². The highest BCUT2D eigenvalue weighted by Crippen LogP contribution is 2.32. The SMILES string of the molecule is CCN(C)C=Nc1cc(C)c(Nc2ccc(F)cc2)cc1Cl. The van der Waals surface area contributed by atoms with Gasteiger partial charge in [-0.2, -0.15) is 0 Å². The van der Waals surface area contributed by atoms with Crippen molar-refractivity contribution in [2.45, 2.75) is 13.8 Å². The van der Waals surface area contributed by atoms with Gasteiger partial charge >= 0.3 is 0 Å². The first-order valence-corrected chi connectivity index (χ1v) is 7.44. The smallest absolute Gasteiger partial charge is 0.123 e. The molecular weight excluding hydrogens is 301 g/mol. The van der Waals surface area contributed by atoms with E-state index in [2.05, 4.69) is 17.2 Å². The molecule has 116 valence electrons. The maximum absolute atomic E-state index is 12.9. The number of benzene rings is 2. The van der Waals surface area contributed by atoms with Crippen molar-refractivity contribution in [2.75, 3.05) is 18.9 Å². The number of nitrogens with zero attached hydrogens (tertiary/aromatic N) is 2. The molecule has 2 aromatic carbocycles. The van der Waals surface area contributed by atoms with E-state index in [1.165, 1.54) is 12.1 Å². The number of aryl methyl sites for hydroxylation is 1. The summed E-state index contributed by atoms with van der Waals surface area (Å²) in [5.41, 5.74) is 3.42. The summed E-state index contributed by atoms with van der Waals surface area (Å²) in [7, 11) is 1.95. The molecule has 2 rings (SSSR count). The third-order valence-corrected chi connectivity index (χ3v) is 3.61. The van der Waals surface area contributed by atoms with Gasteiger partial charge in [0.05, 0.1) is 17.0 Å². The number of nitrogens with one attached hydrogen (secondary N) is 1. The summed E-state index contributed by atoms with van der Waals surface area (Å²) in [6, 6.07) is 9.96. The van der Waals surface area contributed by atoms with Crippen LogP contribution in [0.3, 0.4) is 0 Å². The Labute approximate surface area is 135 Å². The third-order valence-electron chi connectivity index (χ3n) is 3.31. The molecule has 0 atom stereocenters. The van der Waals surface area contributed by atoms with Gasteiger partial charge in [0.2, 0.25) is 0 Å². The van der Waals surface area contributed by atoms with Crippen LogP contribution in [0.2, 0.25) is 5.02 Å². The van der Waals surface area contributed by atoms with Gasteiger partial charge in [0.15, 0.2) is 0 Å². The van der Waals surface area contributed by atoms with Gasteiger partial charge in [-0.15, -0.1) is 0 Å². The van der Waals surface area contributed by atoms with Crippen LogP contribution in [-0.4, -0.2) is 24.8 Å². The second kappa shape index (κ2) is 7.27. The summed E-state index contributed by atoms with van der Waals surface area (Å²) in [5, 5.41) is 3.80. The molecule has 1 N–H and O–H groups in total. The molecule has 0 heterocycles. The first kappa shape index (κ1) is 16.3. The van der Waals surface area contributed by atoms with Crippen LogP contribution in [0.25, 0.3) is 0 Å². The van der Waals surface area contributed by atoms with Gasteiger partial charge in [-0.25, -0.2) is 9.38 Å². The summed E-state index contributed by atoms with van der Waals surface area (Å²) >= 11 is 6.29. The molecule has 0 radical (unpaired) electrons. The standard InChI is InChI=1S/C17H19ClFN3/c1-4-22(3)11-20-17-9-12(2)16(10-15(17)18)21-14-7-5-13(19)6-8-14/h5-11,21H,4H2,1-3H3. The molecule has 2 aromatic rings. The molecule has 0 unspecified atom stereocenters. The lowest BCUT2D eigenvalue weighted by Gasteiger charge is -2.12. The second-order valence-corrected chi connectivity index (χ2v) is 5.48. The van der Waals surface area contributed by atoms with Crippen molar-refractivity contribution in [1.29, 1.82) is 0 Å². The van der Waals surface area contributed by atoms with Gasteiger partial charge in [0.25, 0.3) is 0 Å². The fraction of sp³-hybridized carbons (Fsp3) is 0.235. The molecule has 0 aliphatic rings. The summed E-state index contributed by atoms with van der Waals surface area (Å²) < 4.78 is 12.9. The average molecular weight is 320 g/mol. The molecule has 0 aliphatic carbocycles. The normalized spacial score (nSPS) is 11.0. The van der Waals surface area contributed by atoms with Crippen molar-refractivity contribution in [1.82, 2.24) is 4.90 Å². The number of rotatable bonds is 5. The molecule has 5 heteroatoms. The van der Waals surface area contributed by atoms with E-state index >= 15 is 0 Å². The molecule has 0 saturated heterocycles. The van der Waals surface area contributed by atoms with Crippen LogP contribution in [0.4, 0.5) is 21.5 Å². The van der Waals surface area contributed by atoms with E-state index < -0.39 is 0 Å². The van der Waals surface area contributed by atoms with E-state index in [-0.39, 0.29) is 5.82 Å². The molecule has 0 amide bonds. The summed E-state index contributed by atoms with van der Waals surface area (Å²) in [4.78, 5) is 6.36. The van der Waals surface area contributed by atoms with Crippen molar-refractivity contribution >= 4 is 35.0 Å². The van der Waals surface area contributed by atoms with Crippen LogP contribution in [-0.2, 0) is 0 Å². The van der Waals surface area contributed by atoms with Crippen molar-refractivity contribution in [2.24, 2.45) is 4.99 Å². The van der Waals surface area contributed by atoms with Crippen molar-refractivity contribution in [3.05, 3.63) is 52.8 Å². The monoisotopic (exact) mass is 319 g/mol. The highest BCUT2D eigenvalue weighted by Gasteiger charge is 2.06. The highest BCUT2D eigenvalue weighted by atomic mass is 35.5. The van der Waals surface area contributed by atoms with E-state index in [0.29, 0.717) is 5.02 Å². The van der Waals surface area contributed by atoms with E-state index in [9.17, 15) is 4.39 Å². The Morgan fingerprint density at radius 2 is 1.95 bits per heavy atom. The minimum atomic E-state index is -0.259. The number of anilines is 2. The molecule has 0 spiro atoms. The Balaban J connectivity index is 2.22. The predicted molar refractivity (Wildman–Crippen MR) is 92.3 cm³/mol. The van der Waals surface area contributed by atoms with E-state index in [4.69, 9.17) is 11.6 Å². The lowest BCUT2D eigenvalue weighted by molar-refractivity contribution is 0.552. The summed E-state index contributed by atoms with van der Waals surface area (Å²) in [5.74, 6) is -0.259. The largest absolute Gasteiger partial charge is 0.366 e. The van der Waals surface area contributed by atoms with Crippen LogP contribution < -0.4 is 5.32 Å². The van der Waals surface area contributed by atoms with Crippen molar-refractivity contribution < 1.29 is 4.39 Å². The van der Waals surface area contributed by atoms with E-state index in [0.717, 1.165) is 29.2 Å². The maximum Gasteiger partial charge on any atom is 0.123 e. The fourth-order valence-corrected chi connectivity index (χ4v) is 2.04. The fourth-order valence-electron chi connectivity index (χ4n) is 1.83. The van der Waals surface area contributed by atoms with Gasteiger partial charge in [-0.05, 0) is 55.8 Å². The van der Waals surface area contributed by atoms with Crippen molar-refractivity contribution in [3.8, 4) is 0 Å². The van der Waals surface area contributed by atoms with E-state index in [1.54, 1.807) is 18.5 Å². The zero-order valence-corrected chi connectivity index (χ0v) is 13.7. The van der Waals surface area contributed by atoms with Crippen LogP contribution in [0.5, 0.6) is 0 Å². The predicted octanol–water partition coefficient (Wildman–Crippen LogP) is 5.14. The Kier molecular flexibility index (Phi) is 5.39. The molecule has 3 nitrogen and oxygen atoms in total. The Hall–Kier alpha value is -2.07. The van der Waals surface area contributed by atoms with Gasteiger partial charge in [-0.3, -0.25) is 0 Å². The maximum atomic E-state index is 12.9. The molecule has 22 heavy (non-hydrogen) atoms. The topological polar surface area (TPSA) is 27.6 Å². The first-order valence-electron chi connectivity index (χ1n) is 7.06. The first-order chi connectivity index (χ1) is 10.5. The van der Waals surface area contributed by atoms with Crippen LogP contribution in [0.1, 0.15) is 12.5 Å². The molecule has 0 fully saturated rings. The zero-order valence-electron chi connectivity index (χ0n) is 12.9. The summed E-state index contributed by atoms with van der Waals surface area (Å²) in [6.07, 6.45) is 1.76. The molecule has 0 bridgehead atoms. The van der Waals surface area contributed by atoms with Gasteiger partial charge in [-0.1, -0.05) is 11.6 Å². The Morgan fingerprint density at radius 3 is 2.59 bits per heavy atom. The van der Waals surface area contributed by atoms with Crippen LogP contribution in [0, 0.1) is 12.7 Å². The third kappa shape index (κ3) is 4.21. The summed E-state index contributed by atoms with van der Waals surface area (Å²) in [6.45, 7) is 4.91. The average Bonchev–Trinajstić information content (AvgIpc) is 2.51. The second-order valence-electron chi connectivity index (χ2n) is 5.07. The lowest BCUT2D eigenvalue weighted by atomic mass is 10.1. The number of aliphatic imine (C=N–C) groups is 1. The van der Waals surface area contributed by atoms with Crippen molar-refractivity contribution in [3.63, 3.8) is 0 Å². The number of hydrogen-bond donors (Lipinski definition) is 1. The quantitative estimate of drug-likeness (QED) is 0.610. The number of halogens is 2. The lowest BCUT2D eigenvalue weighted by Crippen LogP contribution is -2.14. The highest BCUT2D eigenvalue weighted by molar-refractivity contribution is 6.33. The van der Waals surface area contributed by atoms with Gasteiger partial charge in [0, 0.05) is 25.0 Å². The van der Waals surface area contributed by atoms with Crippen LogP contribution >= 0.6 is 11.6 Å². The number of hydrogen-bond acceptors (Lipinski definition) is 2. The van der Waals surface area contributed by atoms with Crippen LogP contribution in [0.15, 0.2) is 41.4 Å².